The minimum Gasteiger partial charge on any atom is -0.350 e. The highest BCUT2D eigenvalue weighted by Gasteiger charge is 2.02. The van der Waals surface area contributed by atoms with Crippen LogP contribution < -0.4 is 5.43 Å². The lowest BCUT2D eigenvalue weighted by molar-refractivity contribution is 0.598. The topological polar surface area (TPSA) is 22.0 Å². The smallest absolute Gasteiger partial charge is 0.181 e. The van der Waals surface area contributed by atoms with Crippen molar-refractivity contribution in [3.8, 4) is 0 Å². The lowest BCUT2D eigenvalue weighted by Gasteiger charge is -2.07. The molecule has 1 aromatic carbocycles. The number of rotatable bonds is 2. The molecule has 0 saturated heterocycles. The summed E-state index contributed by atoms with van der Waals surface area (Å²) >= 11 is 3.30. The van der Waals surface area contributed by atoms with Gasteiger partial charge in [0.1, 0.15) is 5.82 Å². The molecule has 1 heterocycles. The Morgan fingerprint density at radius 1 is 1.19 bits per heavy atom. The van der Waals surface area contributed by atoms with E-state index in [1.54, 1.807) is 29.1 Å². The van der Waals surface area contributed by atoms with E-state index in [-0.39, 0.29) is 11.2 Å². The van der Waals surface area contributed by atoms with Gasteiger partial charge >= 0.3 is 0 Å². The molecule has 0 radical (unpaired) electrons. The SMILES string of the molecule is O=c1ccn(Cc2cc(Br)ccc2F)cc1. The summed E-state index contributed by atoms with van der Waals surface area (Å²) in [5.41, 5.74) is 0.531. The molecular weight excluding hydrogens is 273 g/mol. The van der Waals surface area contributed by atoms with E-state index in [2.05, 4.69) is 15.9 Å². The fraction of sp³-hybridized carbons (Fsp3) is 0.0833. The first-order chi connectivity index (χ1) is 7.65. The largest absolute Gasteiger partial charge is 0.350 e. The Kier molecular flexibility index (Phi) is 3.19. The average Bonchev–Trinajstić information content (AvgIpc) is 2.27. The molecule has 0 aliphatic carbocycles. The van der Waals surface area contributed by atoms with Gasteiger partial charge < -0.3 is 4.57 Å². The fourth-order valence-electron chi connectivity index (χ4n) is 1.41. The van der Waals surface area contributed by atoms with Gasteiger partial charge in [-0.05, 0) is 18.2 Å². The van der Waals surface area contributed by atoms with Crippen molar-refractivity contribution in [3.63, 3.8) is 0 Å². The van der Waals surface area contributed by atoms with Crippen molar-refractivity contribution in [1.29, 1.82) is 0 Å². The zero-order valence-electron chi connectivity index (χ0n) is 8.36. The Morgan fingerprint density at radius 3 is 2.56 bits per heavy atom. The van der Waals surface area contributed by atoms with Crippen molar-refractivity contribution in [1.82, 2.24) is 4.57 Å². The summed E-state index contributed by atoms with van der Waals surface area (Å²) in [5, 5.41) is 0. The number of aromatic nitrogens is 1. The highest BCUT2D eigenvalue weighted by molar-refractivity contribution is 9.10. The molecular formula is C12H9BrFNO. The maximum Gasteiger partial charge on any atom is 0.181 e. The summed E-state index contributed by atoms with van der Waals surface area (Å²) in [6.45, 7) is 0.408. The normalized spacial score (nSPS) is 10.4. The molecule has 0 aliphatic rings. The maximum atomic E-state index is 13.4. The van der Waals surface area contributed by atoms with E-state index < -0.39 is 0 Å². The second kappa shape index (κ2) is 4.61. The van der Waals surface area contributed by atoms with Crippen LogP contribution in [0.15, 0.2) is 52.0 Å². The predicted molar refractivity (Wildman–Crippen MR) is 63.9 cm³/mol. The van der Waals surface area contributed by atoms with Gasteiger partial charge in [0.2, 0.25) is 0 Å². The molecule has 82 valence electrons. The van der Waals surface area contributed by atoms with E-state index in [9.17, 15) is 9.18 Å². The van der Waals surface area contributed by atoms with Gasteiger partial charge in [-0.1, -0.05) is 15.9 Å². The van der Waals surface area contributed by atoms with Crippen LogP contribution in [0.3, 0.4) is 0 Å². The zero-order valence-corrected chi connectivity index (χ0v) is 9.95. The molecule has 2 rings (SSSR count). The molecule has 0 N–H and O–H groups in total. The third kappa shape index (κ3) is 2.58. The average molecular weight is 282 g/mol. The van der Waals surface area contributed by atoms with E-state index in [0.717, 1.165) is 4.47 Å². The van der Waals surface area contributed by atoms with E-state index in [1.165, 1.54) is 18.2 Å². The summed E-state index contributed by atoms with van der Waals surface area (Å²) in [6.07, 6.45) is 3.28. The van der Waals surface area contributed by atoms with Gasteiger partial charge in [-0.15, -0.1) is 0 Å². The summed E-state index contributed by atoms with van der Waals surface area (Å²) in [6, 6.07) is 7.71. The number of halogens is 2. The Bertz CT molecular complexity index is 545. The quantitative estimate of drug-likeness (QED) is 0.830. The number of pyridine rings is 1. The Labute approximate surface area is 100 Å². The third-order valence-corrected chi connectivity index (χ3v) is 2.71. The number of hydrogen-bond acceptors (Lipinski definition) is 1. The number of hydrogen-bond donors (Lipinski definition) is 0. The molecule has 0 fully saturated rings. The molecule has 0 spiro atoms. The fourth-order valence-corrected chi connectivity index (χ4v) is 1.82. The first-order valence-electron chi connectivity index (χ1n) is 4.75. The van der Waals surface area contributed by atoms with Gasteiger partial charge in [0.15, 0.2) is 5.43 Å². The van der Waals surface area contributed by atoms with Crippen LogP contribution in [-0.2, 0) is 6.54 Å². The van der Waals surface area contributed by atoms with Crippen molar-refractivity contribution >= 4 is 15.9 Å². The van der Waals surface area contributed by atoms with Crippen molar-refractivity contribution < 1.29 is 4.39 Å². The molecule has 4 heteroatoms. The summed E-state index contributed by atoms with van der Waals surface area (Å²) < 4.78 is 16.0. The van der Waals surface area contributed by atoms with Gasteiger partial charge in [0, 0.05) is 41.1 Å². The predicted octanol–water partition coefficient (Wildman–Crippen LogP) is 2.80. The van der Waals surface area contributed by atoms with Crippen LogP contribution in [0.4, 0.5) is 4.39 Å². The molecule has 1 aromatic heterocycles. The summed E-state index contributed by atoms with van der Waals surface area (Å²) in [4.78, 5) is 10.9. The highest BCUT2D eigenvalue weighted by atomic mass is 79.9. The second-order valence-electron chi connectivity index (χ2n) is 3.44. The lowest BCUT2D eigenvalue weighted by Crippen LogP contribution is -2.05. The molecule has 2 nitrogen and oxygen atoms in total. The zero-order chi connectivity index (χ0) is 11.5. The molecule has 0 saturated carbocycles. The molecule has 16 heavy (non-hydrogen) atoms. The summed E-state index contributed by atoms with van der Waals surface area (Å²) in [5.74, 6) is -0.248. The van der Waals surface area contributed by atoms with E-state index in [0.29, 0.717) is 12.1 Å². The Hall–Kier alpha value is -1.42. The van der Waals surface area contributed by atoms with Crippen LogP contribution in [0.2, 0.25) is 0 Å². The molecule has 0 aliphatic heterocycles. The molecule has 0 atom stereocenters. The third-order valence-electron chi connectivity index (χ3n) is 2.22. The van der Waals surface area contributed by atoms with Crippen LogP contribution in [0, 0.1) is 5.82 Å². The number of nitrogens with zero attached hydrogens (tertiary/aromatic N) is 1. The highest BCUT2D eigenvalue weighted by Crippen LogP contribution is 2.16. The van der Waals surface area contributed by atoms with Gasteiger partial charge in [-0.3, -0.25) is 4.79 Å². The van der Waals surface area contributed by atoms with Crippen molar-refractivity contribution in [2.45, 2.75) is 6.54 Å². The van der Waals surface area contributed by atoms with Crippen LogP contribution in [0.5, 0.6) is 0 Å². The van der Waals surface area contributed by atoms with Gasteiger partial charge in [-0.2, -0.15) is 0 Å². The van der Waals surface area contributed by atoms with Crippen molar-refractivity contribution in [2.75, 3.05) is 0 Å². The van der Waals surface area contributed by atoms with Crippen molar-refractivity contribution in [2.24, 2.45) is 0 Å². The van der Waals surface area contributed by atoms with Crippen LogP contribution in [0.25, 0.3) is 0 Å². The Morgan fingerprint density at radius 2 is 1.88 bits per heavy atom. The summed E-state index contributed by atoms with van der Waals surface area (Å²) in [7, 11) is 0. The first kappa shape index (κ1) is 11.1. The molecule has 0 amide bonds. The first-order valence-corrected chi connectivity index (χ1v) is 5.54. The van der Waals surface area contributed by atoms with E-state index >= 15 is 0 Å². The minimum absolute atomic E-state index is 0.0500. The van der Waals surface area contributed by atoms with Crippen LogP contribution >= 0.6 is 15.9 Å². The molecule has 0 bridgehead atoms. The monoisotopic (exact) mass is 281 g/mol. The Balaban J connectivity index is 2.30. The van der Waals surface area contributed by atoms with E-state index in [1.807, 2.05) is 0 Å². The lowest BCUT2D eigenvalue weighted by atomic mass is 10.2. The van der Waals surface area contributed by atoms with Crippen molar-refractivity contribution in [3.05, 3.63) is 68.8 Å². The molecule has 2 aromatic rings. The standard InChI is InChI=1S/C12H9BrFNO/c13-10-1-2-12(14)9(7-10)8-15-5-3-11(16)4-6-15/h1-7H,8H2. The van der Waals surface area contributed by atoms with E-state index in [4.69, 9.17) is 0 Å². The van der Waals surface area contributed by atoms with Crippen LogP contribution in [-0.4, -0.2) is 4.57 Å². The number of benzene rings is 1. The minimum atomic E-state index is -0.248. The van der Waals surface area contributed by atoms with Crippen LogP contribution in [0.1, 0.15) is 5.56 Å². The van der Waals surface area contributed by atoms with Gasteiger partial charge in [-0.25, -0.2) is 4.39 Å². The van der Waals surface area contributed by atoms with Gasteiger partial charge in [0.25, 0.3) is 0 Å². The second-order valence-corrected chi connectivity index (χ2v) is 4.36. The molecule has 0 unspecified atom stereocenters. The van der Waals surface area contributed by atoms with Gasteiger partial charge in [0.05, 0.1) is 0 Å². The maximum absolute atomic E-state index is 13.4.